The number of hydrazone groups is 1. The lowest BCUT2D eigenvalue weighted by Crippen LogP contribution is -2.25. The second-order valence-corrected chi connectivity index (χ2v) is 8.09. The number of benzene rings is 3. The van der Waals surface area contributed by atoms with E-state index in [1.807, 2.05) is 19.1 Å². The van der Waals surface area contributed by atoms with E-state index in [-0.39, 0.29) is 23.5 Å². The number of nitrogens with zero attached hydrogens (tertiary/aromatic N) is 2. The van der Waals surface area contributed by atoms with Gasteiger partial charge >= 0.3 is 5.97 Å². The Morgan fingerprint density at radius 1 is 1.00 bits per heavy atom. The Kier molecular flexibility index (Phi) is 7.00. The maximum Gasteiger partial charge on any atom is 0.308 e. The van der Waals surface area contributed by atoms with E-state index in [4.69, 9.17) is 14.2 Å². The van der Waals surface area contributed by atoms with Gasteiger partial charge in [0.2, 0.25) is 18.0 Å². The molecule has 0 saturated carbocycles. The Morgan fingerprint density at radius 2 is 1.78 bits per heavy atom. The highest BCUT2D eigenvalue weighted by molar-refractivity contribution is 6.05. The van der Waals surface area contributed by atoms with Gasteiger partial charge < -0.3 is 19.5 Å². The lowest BCUT2D eigenvalue weighted by Gasteiger charge is -2.20. The Hall–Kier alpha value is -4.66. The highest BCUT2D eigenvalue weighted by Crippen LogP contribution is 2.35. The zero-order chi connectivity index (χ0) is 25.8. The highest BCUT2D eigenvalue weighted by Gasteiger charge is 2.34. The van der Waals surface area contributed by atoms with E-state index >= 15 is 0 Å². The molecule has 1 aliphatic heterocycles. The minimum Gasteiger partial charge on any atom is -0.497 e. The Labute approximate surface area is 208 Å². The molecule has 0 aliphatic carbocycles. The van der Waals surface area contributed by atoms with Crippen molar-refractivity contribution < 1.29 is 28.6 Å². The topological polar surface area (TPSA) is 107 Å². The smallest absolute Gasteiger partial charge is 0.308 e. The number of nitrogens with one attached hydrogen (secondary N) is 1. The second-order valence-electron chi connectivity index (χ2n) is 8.09. The van der Waals surface area contributed by atoms with Crippen molar-refractivity contribution in [3.05, 3.63) is 89.0 Å². The molecule has 1 aliphatic rings. The van der Waals surface area contributed by atoms with Crippen LogP contribution in [0, 0.1) is 6.92 Å². The summed E-state index contributed by atoms with van der Waals surface area (Å²) in [6.07, 6.45) is -0.899. The molecule has 36 heavy (non-hydrogen) atoms. The molecule has 1 unspecified atom stereocenters. The van der Waals surface area contributed by atoms with Crippen LogP contribution in [-0.4, -0.2) is 35.8 Å². The van der Waals surface area contributed by atoms with E-state index < -0.39 is 12.2 Å². The number of aryl methyl sites for hydroxylation is 1. The van der Waals surface area contributed by atoms with Crippen LogP contribution in [0.4, 0.5) is 5.69 Å². The highest BCUT2D eigenvalue weighted by atomic mass is 16.5. The molecule has 3 aromatic rings. The van der Waals surface area contributed by atoms with Crippen molar-refractivity contribution in [1.82, 2.24) is 5.01 Å². The summed E-state index contributed by atoms with van der Waals surface area (Å²) < 4.78 is 16.7. The van der Waals surface area contributed by atoms with Gasteiger partial charge in [-0.15, -0.1) is 5.10 Å². The fraction of sp³-hybridized carbons (Fsp3) is 0.185. The Morgan fingerprint density at radius 3 is 2.47 bits per heavy atom. The average Bonchev–Trinajstić information content (AvgIpc) is 3.30. The van der Waals surface area contributed by atoms with E-state index in [1.165, 1.54) is 26.0 Å². The summed E-state index contributed by atoms with van der Waals surface area (Å²) in [5.74, 6) is -0.338. The quantitative estimate of drug-likeness (QED) is 0.408. The molecule has 184 valence electrons. The zero-order valence-corrected chi connectivity index (χ0v) is 20.3. The van der Waals surface area contributed by atoms with Gasteiger partial charge in [0.1, 0.15) is 11.5 Å². The standard InChI is InChI=1S/C27H25N3O6/c1-16-8-5-6-11-22(16)25(33)28-20-10-7-9-19(14-20)27-30(17(2)31)29-26(36-27)23-15-21(34-4)12-13-24(23)35-18(3)32/h5-15,27H,1-4H3,(H,28,33). The third kappa shape index (κ3) is 5.20. The fourth-order valence-electron chi connectivity index (χ4n) is 3.73. The van der Waals surface area contributed by atoms with E-state index in [2.05, 4.69) is 10.4 Å². The largest absolute Gasteiger partial charge is 0.497 e. The molecule has 4 rings (SSSR count). The van der Waals surface area contributed by atoms with Crippen LogP contribution in [0.2, 0.25) is 0 Å². The molecule has 0 aromatic heterocycles. The Balaban J connectivity index is 1.64. The molecule has 2 amide bonds. The third-order valence-corrected chi connectivity index (χ3v) is 5.46. The van der Waals surface area contributed by atoms with Gasteiger partial charge in [0.05, 0.1) is 12.7 Å². The van der Waals surface area contributed by atoms with Gasteiger partial charge in [0.25, 0.3) is 5.91 Å². The molecule has 1 N–H and O–H groups in total. The molecule has 0 bridgehead atoms. The van der Waals surface area contributed by atoms with Gasteiger partial charge in [-0.3, -0.25) is 14.4 Å². The first kappa shape index (κ1) is 24.5. The first-order valence-electron chi connectivity index (χ1n) is 11.2. The van der Waals surface area contributed by atoms with Gasteiger partial charge in [0, 0.05) is 30.7 Å². The number of ether oxygens (including phenoxy) is 3. The summed E-state index contributed by atoms with van der Waals surface area (Å²) >= 11 is 0. The predicted molar refractivity (Wildman–Crippen MR) is 133 cm³/mol. The normalized spacial score (nSPS) is 14.5. The predicted octanol–water partition coefficient (Wildman–Crippen LogP) is 4.42. The van der Waals surface area contributed by atoms with Crippen LogP contribution in [0.25, 0.3) is 0 Å². The SMILES string of the molecule is COc1ccc(OC(C)=O)c(C2=NN(C(C)=O)C(c3cccc(NC(=O)c4ccccc4C)c3)O2)c1. The number of rotatable bonds is 6. The van der Waals surface area contributed by atoms with Gasteiger partial charge in [-0.1, -0.05) is 30.3 Å². The molecule has 1 heterocycles. The zero-order valence-electron chi connectivity index (χ0n) is 20.3. The van der Waals surface area contributed by atoms with Crippen LogP contribution >= 0.6 is 0 Å². The number of esters is 1. The summed E-state index contributed by atoms with van der Waals surface area (Å²) in [4.78, 5) is 36.8. The summed E-state index contributed by atoms with van der Waals surface area (Å²) in [6.45, 7) is 4.52. The minimum absolute atomic E-state index is 0.0831. The van der Waals surface area contributed by atoms with Crippen LogP contribution < -0.4 is 14.8 Å². The number of hydrogen-bond acceptors (Lipinski definition) is 7. The monoisotopic (exact) mass is 487 g/mol. The van der Waals surface area contributed by atoms with Gasteiger partial charge in [-0.2, -0.15) is 5.01 Å². The summed E-state index contributed by atoms with van der Waals surface area (Å²) in [6, 6.07) is 19.1. The van der Waals surface area contributed by atoms with Crippen molar-refractivity contribution in [3.8, 4) is 11.5 Å². The molecular weight excluding hydrogens is 462 g/mol. The molecule has 0 radical (unpaired) electrons. The molecule has 9 heteroatoms. The third-order valence-electron chi connectivity index (χ3n) is 5.46. The molecule has 9 nitrogen and oxygen atoms in total. The van der Waals surface area contributed by atoms with Crippen LogP contribution in [0.1, 0.15) is 47.1 Å². The summed E-state index contributed by atoms with van der Waals surface area (Å²) in [5.41, 5.74) is 2.88. The molecule has 0 saturated heterocycles. The number of methoxy groups -OCH3 is 1. The fourth-order valence-corrected chi connectivity index (χ4v) is 3.73. The maximum atomic E-state index is 12.8. The van der Waals surface area contributed by atoms with Crippen molar-refractivity contribution in [3.63, 3.8) is 0 Å². The molecule has 3 aromatic carbocycles. The molecule has 0 fully saturated rings. The van der Waals surface area contributed by atoms with Crippen molar-refractivity contribution in [1.29, 1.82) is 0 Å². The van der Waals surface area contributed by atoms with Crippen LogP contribution in [0.5, 0.6) is 11.5 Å². The molecule has 1 atom stereocenters. The van der Waals surface area contributed by atoms with Crippen molar-refractivity contribution >= 4 is 29.4 Å². The first-order chi connectivity index (χ1) is 17.3. The van der Waals surface area contributed by atoms with E-state index in [9.17, 15) is 14.4 Å². The molecular formula is C27H25N3O6. The van der Waals surface area contributed by atoms with Crippen LogP contribution in [0.15, 0.2) is 71.8 Å². The summed E-state index contributed by atoms with van der Waals surface area (Å²) in [7, 11) is 1.50. The van der Waals surface area contributed by atoms with E-state index in [1.54, 1.807) is 54.6 Å². The Bertz CT molecular complexity index is 1370. The summed E-state index contributed by atoms with van der Waals surface area (Å²) in [5, 5.41) is 8.43. The number of carbonyl (C=O) groups is 3. The van der Waals surface area contributed by atoms with Gasteiger partial charge in [-0.25, -0.2) is 0 Å². The number of hydrogen-bond donors (Lipinski definition) is 1. The minimum atomic E-state index is -0.899. The van der Waals surface area contributed by atoms with E-state index in [0.29, 0.717) is 28.1 Å². The van der Waals surface area contributed by atoms with Crippen molar-refractivity contribution in [2.75, 3.05) is 12.4 Å². The number of anilines is 1. The average molecular weight is 488 g/mol. The van der Waals surface area contributed by atoms with E-state index in [0.717, 1.165) is 5.56 Å². The lowest BCUT2D eigenvalue weighted by molar-refractivity contribution is -0.135. The van der Waals surface area contributed by atoms with Gasteiger partial charge in [0.15, 0.2) is 0 Å². The van der Waals surface area contributed by atoms with Gasteiger partial charge in [-0.05, 0) is 48.9 Å². The number of carbonyl (C=O) groups excluding carboxylic acids is 3. The maximum absolute atomic E-state index is 12.8. The van der Waals surface area contributed by atoms with Crippen LogP contribution in [0.3, 0.4) is 0 Å². The van der Waals surface area contributed by atoms with Crippen molar-refractivity contribution in [2.45, 2.75) is 27.0 Å². The lowest BCUT2D eigenvalue weighted by atomic mass is 10.1. The number of amides is 2. The molecule has 0 spiro atoms. The first-order valence-corrected chi connectivity index (χ1v) is 11.2. The van der Waals surface area contributed by atoms with Crippen LogP contribution in [-0.2, 0) is 14.3 Å². The second kappa shape index (κ2) is 10.3. The van der Waals surface area contributed by atoms with Crippen molar-refractivity contribution in [2.24, 2.45) is 5.10 Å².